The molecule has 2 amide bonds. The van der Waals surface area contributed by atoms with E-state index in [0.717, 1.165) is 9.80 Å². The van der Waals surface area contributed by atoms with Crippen LogP contribution in [0.2, 0.25) is 0 Å². The zero-order valence-electron chi connectivity index (χ0n) is 10.5. The van der Waals surface area contributed by atoms with Crippen molar-refractivity contribution in [3.8, 4) is 0 Å². The van der Waals surface area contributed by atoms with Gasteiger partial charge in [-0.25, -0.2) is 4.79 Å². The molecule has 0 aliphatic carbocycles. The number of piperazine rings is 1. The summed E-state index contributed by atoms with van der Waals surface area (Å²) in [6, 6.07) is 2.52. The lowest BCUT2D eigenvalue weighted by Gasteiger charge is -2.32. The van der Waals surface area contributed by atoms with Gasteiger partial charge in [-0.1, -0.05) is 0 Å². The molecule has 2 rings (SSSR count). The Morgan fingerprint density at radius 1 is 1.45 bits per heavy atom. The number of nitrogens with one attached hydrogen (secondary N) is 1. The van der Waals surface area contributed by atoms with Gasteiger partial charge in [0.25, 0.3) is 0 Å². The number of nitrogens with zero attached hydrogens (tertiary/aromatic N) is 2. The fraction of sp³-hybridized carbons (Fsp3) is 0.333. The molecule has 0 saturated carbocycles. The first-order valence-corrected chi connectivity index (χ1v) is 6.88. The van der Waals surface area contributed by atoms with Crippen molar-refractivity contribution < 1.29 is 19.5 Å². The minimum absolute atomic E-state index is 0.0557. The second-order valence-electron chi connectivity index (χ2n) is 4.15. The summed E-state index contributed by atoms with van der Waals surface area (Å²) in [5.74, 6) is -1.74. The zero-order chi connectivity index (χ0) is 14.5. The van der Waals surface area contributed by atoms with E-state index in [0.29, 0.717) is 0 Å². The predicted octanol–water partition coefficient (Wildman–Crippen LogP) is -0.415. The molecule has 1 aliphatic heterocycles. The Hall–Kier alpha value is -2.09. The Morgan fingerprint density at radius 2 is 2.15 bits per heavy atom. The van der Waals surface area contributed by atoms with Crippen LogP contribution < -0.4 is 5.32 Å². The second kappa shape index (κ2) is 6.38. The minimum Gasteiger partial charge on any atom is -0.480 e. The highest BCUT2D eigenvalue weighted by Gasteiger charge is 2.34. The van der Waals surface area contributed by atoms with E-state index in [-0.39, 0.29) is 30.7 Å². The van der Waals surface area contributed by atoms with E-state index in [4.69, 9.17) is 5.11 Å². The van der Waals surface area contributed by atoms with Crippen LogP contribution in [-0.4, -0.2) is 57.7 Å². The fourth-order valence-electron chi connectivity index (χ4n) is 1.79. The number of carboxylic acid groups (broad SMARTS) is 1. The maximum absolute atomic E-state index is 12.1. The van der Waals surface area contributed by atoms with Crippen molar-refractivity contribution in [3.63, 3.8) is 0 Å². The topological polar surface area (TPSA) is 99.6 Å². The number of aromatic nitrogens is 1. The number of aliphatic carboxylic acids is 1. The Bertz CT molecular complexity index is 523. The normalized spacial score (nSPS) is 18.5. The molecule has 1 aromatic heterocycles. The van der Waals surface area contributed by atoms with E-state index >= 15 is 0 Å². The number of hydrogen-bond acceptors (Lipinski definition) is 5. The van der Waals surface area contributed by atoms with Crippen molar-refractivity contribution in [1.82, 2.24) is 15.2 Å². The molecule has 0 radical (unpaired) electrons. The van der Waals surface area contributed by atoms with Crippen LogP contribution in [-0.2, 0) is 14.4 Å². The smallest absolute Gasteiger partial charge is 0.328 e. The van der Waals surface area contributed by atoms with Gasteiger partial charge < -0.3 is 15.3 Å². The molecular weight excluding hydrogens is 282 g/mol. The Labute approximate surface area is 119 Å². The first kappa shape index (κ1) is 14.3. The fourth-order valence-corrected chi connectivity index (χ4v) is 2.56. The van der Waals surface area contributed by atoms with Crippen LogP contribution in [0.25, 0.3) is 0 Å². The van der Waals surface area contributed by atoms with E-state index in [9.17, 15) is 14.4 Å². The van der Waals surface area contributed by atoms with Crippen molar-refractivity contribution in [2.75, 3.05) is 18.8 Å². The van der Waals surface area contributed by atoms with Crippen LogP contribution in [0.15, 0.2) is 29.4 Å². The number of thioether (sulfide) groups is 1. The third-order valence-electron chi connectivity index (χ3n) is 2.80. The predicted molar refractivity (Wildman–Crippen MR) is 71.1 cm³/mol. The molecule has 0 bridgehead atoms. The monoisotopic (exact) mass is 295 g/mol. The number of carboxylic acids is 1. The lowest BCUT2D eigenvalue weighted by atomic mass is 10.2. The van der Waals surface area contributed by atoms with E-state index < -0.39 is 12.0 Å². The van der Waals surface area contributed by atoms with Gasteiger partial charge in [0.05, 0.1) is 5.75 Å². The maximum Gasteiger partial charge on any atom is 0.328 e. The van der Waals surface area contributed by atoms with Crippen LogP contribution in [0.3, 0.4) is 0 Å². The zero-order valence-corrected chi connectivity index (χ0v) is 11.3. The standard InChI is InChI=1S/C12H13N3O4S/c16-10-6-15(9(5-14-10)12(18)19)11(17)7-20-8-1-3-13-4-2-8/h1-4,9H,5-7H2,(H,14,16)(H,18,19). The number of carbonyl (C=O) groups excluding carboxylic acids is 2. The first-order valence-electron chi connectivity index (χ1n) is 5.89. The van der Waals surface area contributed by atoms with Crippen molar-refractivity contribution in [3.05, 3.63) is 24.5 Å². The summed E-state index contributed by atoms with van der Waals surface area (Å²) >= 11 is 1.28. The van der Waals surface area contributed by atoms with Gasteiger partial charge in [-0.15, -0.1) is 11.8 Å². The van der Waals surface area contributed by atoms with E-state index in [1.54, 1.807) is 24.5 Å². The molecule has 7 nitrogen and oxygen atoms in total. The van der Waals surface area contributed by atoms with Gasteiger partial charge in [0.2, 0.25) is 11.8 Å². The summed E-state index contributed by atoms with van der Waals surface area (Å²) < 4.78 is 0. The Balaban J connectivity index is 1.98. The molecule has 0 spiro atoms. The van der Waals surface area contributed by atoms with E-state index in [1.165, 1.54) is 11.8 Å². The van der Waals surface area contributed by atoms with Gasteiger partial charge in [0.1, 0.15) is 12.6 Å². The number of hydrogen-bond donors (Lipinski definition) is 2. The van der Waals surface area contributed by atoms with Gasteiger partial charge in [-0.2, -0.15) is 0 Å². The van der Waals surface area contributed by atoms with Gasteiger partial charge in [0, 0.05) is 23.8 Å². The number of carbonyl (C=O) groups is 3. The van der Waals surface area contributed by atoms with E-state index in [1.807, 2.05) is 0 Å². The minimum atomic E-state index is -1.12. The van der Waals surface area contributed by atoms with Gasteiger partial charge >= 0.3 is 5.97 Å². The molecule has 1 atom stereocenters. The van der Waals surface area contributed by atoms with Crippen LogP contribution in [0.4, 0.5) is 0 Å². The highest BCUT2D eigenvalue weighted by atomic mass is 32.2. The molecule has 1 aliphatic rings. The number of rotatable bonds is 4. The largest absolute Gasteiger partial charge is 0.480 e. The van der Waals surface area contributed by atoms with Crippen molar-refractivity contribution in [2.45, 2.75) is 10.9 Å². The Morgan fingerprint density at radius 3 is 2.80 bits per heavy atom. The summed E-state index contributed by atoms with van der Waals surface area (Å²) in [7, 11) is 0. The average molecular weight is 295 g/mol. The van der Waals surface area contributed by atoms with Crippen LogP contribution in [0.1, 0.15) is 0 Å². The van der Waals surface area contributed by atoms with Gasteiger partial charge in [-0.05, 0) is 12.1 Å². The average Bonchev–Trinajstić information content (AvgIpc) is 2.45. The summed E-state index contributed by atoms with van der Waals surface area (Å²) in [5, 5.41) is 11.5. The van der Waals surface area contributed by atoms with Crippen molar-refractivity contribution >= 4 is 29.5 Å². The highest BCUT2D eigenvalue weighted by Crippen LogP contribution is 2.18. The molecule has 106 valence electrons. The lowest BCUT2D eigenvalue weighted by Crippen LogP contribution is -2.59. The van der Waals surface area contributed by atoms with Gasteiger partial charge in [-0.3, -0.25) is 14.6 Å². The molecule has 20 heavy (non-hydrogen) atoms. The summed E-state index contributed by atoms with van der Waals surface area (Å²) in [4.78, 5) is 40.3. The summed E-state index contributed by atoms with van der Waals surface area (Å²) in [6.45, 7) is -0.271. The van der Waals surface area contributed by atoms with Crippen LogP contribution >= 0.6 is 11.8 Å². The summed E-state index contributed by atoms with van der Waals surface area (Å²) in [5.41, 5.74) is 0. The Kier molecular flexibility index (Phi) is 4.57. The molecule has 1 aromatic rings. The summed E-state index contributed by atoms with van der Waals surface area (Å²) in [6.07, 6.45) is 3.22. The maximum atomic E-state index is 12.1. The first-order chi connectivity index (χ1) is 9.58. The SMILES string of the molecule is O=C1CN(C(=O)CSc2ccncc2)C(C(=O)O)CN1. The molecule has 1 unspecified atom stereocenters. The van der Waals surface area contributed by atoms with Crippen molar-refractivity contribution in [1.29, 1.82) is 0 Å². The van der Waals surface area contributed by atoms with Crippen LogP contribution in [0, 0.1) is 0 Å². The number of amides is 2. The molecular formula is C12H13N3O4S. The van der Waals surface area contributed by atoms with Gasteiger partial charge in [0.15, 0.2) is 0 Å². The van der Waals surface area contributed by atoms with E-state index in [2.05, 4.69) is 10.3 Å². The molecule has 1 saturated heterocycles. The molecule has 8 heteroatoms. The van der Waals surface area contributed by atoms with Crippen LogP contribution in [0.5, 0.6) is 0 Å². The molecule has 0 aromatic carbocycles. The third kappa shape index (κ3) is 3.47. The molecule has 2 N–H and O–H groups in total. The van der Waals surface area contributed by atoms with Crippen molar-refractivity contribution in [2.24, 2.45) is 0 Å². The quantitative estimate of drug-likeness (QED) is 0.732. The second-order valence-corrected chi connectivity index (χ2v) is 5.20. The highest BCUT2D eigenvalue weighted by molar-refractivity contribution is 8.00. The lowest BCUT2D eigenvalue weighted by molar-refractivity contribution is -0.152. The molecule has 1 fully saturated rings. The molecule has 2 heterocycles. The third-order valence-corrected chi connectivity index (χ3v) is 3.80. The number of pyridine rings is 1.